The summed E-state index contributed by atoms with van der Waals surface area (Å²) in [4.78, 5) is 11.4. The van der Waals surface area contributed by atoms with Gasteiger partial charge in [0.25, 0.3) is 0 Å². The minimum absolute atomic E-state index is 0.415. The number of alkyl carbamates (subject to hydrolysis) is 1. The van der Waals surface area contributed by atoms with E-state index in [1.54, 1.807) is 0 Å². The Labute approximate surface area is 125 Å². The van der Waals surface area contributed by atoms with E-state index in [0.29, 0.717) is 18.0 Å². The first-order valence-electron chi connectivity index (χ1n) is 6.50. The van der Waals surface area contributed by atoms with Gasteiger partial charge in [0.15, 0.2) is 0 Å². The van der Waals surface area contributed by atoms with Crippen molar-refractivity contribution in [2.24, 2.45) is 0 Å². The Morgan fingerprint density at radius 2 is 2.10 bits per heavy atom. The lowest BCUT2D eigenvalue weighted by Gasteiger charge is -2.19. The van der Waals surface area contributed by atoms with Crippen LogP contribution in [0.4, 0.5) is 4.79 Å². The van der Waals surface area contributed by atoms with Gasteiger partial charge in [-0.3, -0.25) is 0 Å². The second-order valence-corrected chi connectivity index (χ2v) is 5.88. The van der Waals surface area contributed by atoms with Gasteiger partial charge in [-0.15, -0.1) is 0 Å². The third kappa shape index (κ3) is 6.49. The van der Waals surface area contributed by atoms with Crippen LogP contribution in [0.15, 0.2) is 18.2 Å². The maximum absolute atomic E-state index is 11.4. The summed E-state index contributed by atoms with van der Waals surface area (Å²) in [5.74, 6) is 6.08. The lowest BCUT2D eigenvalue weighted by Crippen LogP contribution is -2.32. The highest BCUT2D eigenvalue weighted by atomic mass is 35.5. The van der Waals surface area contributed by atoms with Crippen LogP contribution in [-0.4, -0.2) is 18.2 Å². The van der Waals surface area contributed by atoms with Crippen molar-refractivity contribution in [2.45, 2.75) is 39.7 Å². The first kappa shape index (κ1) is 16.4. The molecule has 0 fully saturated rings. The number of amides is 1. The molecule has 0 spiro atoms. The smallest absolute Gasteiger partial charge is 0.407 e. The Kier molecular flexibility index (Phi) is 5.91. The highest BCUT2D eigenvalue weighted by Gasteiger charge is 2.15. The van der Waals surface area contributed by atoms with E-state index in [4.69, 9.17) is 16.3 Å². The van der Waals surface area contributed by atoms with Crippen LogP contribution in [0.5, 0.6) is 0 Å². The molecule has 0 aliphatic carbocycles. The molecule has 1 rings (SSSR count). The van der Waals surface area contributed by atoms with Crippen LogP contribution in [-0.2, 0) is 4.74 Å². The van der Waals surface area contributed by atoms with Gasteiger partial charge in [0, 0.05) is 23.6 Å². The van der Waals surface area contributed by atoms with E-state index >= 15 is 0 Å². The SMILES string of the molecule is Cc1cc(Cl)ccc1C#CCCNC(=O)OC(C)(C)C. The number of hydrogen-bond acceptors (Lipinski definition) is 2. The molecule has 0 saturated carbocycles. The fourth-order valence-corrected chi connectivity index (χ4v) is 1.69. The zero-order chi connectivity index (χ0) is 15.2. The first-order valence-corrected chi connectivity index (χ1v) is 6.87. The zero-order valence-electron chi connectivity index (χ0n) is 12.3. The molecule has 20 heavy (non-hydrogen) atoms. The molecule has 0 aliphatic heterocycles. The lowest BCUT2D eigenvalue weighted by molar-refractivity contribution is 0.0529. The van der Waals surface area contributed by atoms with Crippen molar-refractivity contribution in [1.29, 1.82) is 0 Å². The standard InChI is InChI=1S/C16H20ClNO2/c1-12-11-14(17)9-8-13(12)7-5-6-10-18-15(19)20-16(2,3)4/h8-9,11H,6,10H2,1-4H3,(H,18,19). The van der Waals surface area contributed by atoms with E-state index in [0.717, 1.165) is 11.1 Å². The molecule has 108 valence electrons. The minimum atomic E-state index is -0.476. The third-order valence-corrected chi connectivity index (χ3v) is 2.56. The molecule has 1 N–H and O–H groups in total. The summed E-state index contributed by atoms with van der Waals surface area (Å²) >= 11 is 5.88. The Morgan fingerprint density at radius 3 is 2.70 bits per heavy atom. The number of benzene rings is 1. The quantitative estimate of drug-likeness (QED) is 0.663. The molecule has 0 saturated heterocycles. The van der Waals surface area contributed by atoms with E-state index in [9.17, 15) is 4.79 Å². The Hall–Kier alpha value is -1.66. The maximum Gasteiger partial charge on any atom is 0.407 e. The van der Waals surface area contributed by atoms with Gasteiger partial charge >= 0.3 is 6.09 Å². The van der Waals surface area contributed by atoms with Crippen molar-refractivity contribution in [3.63, 3.8) is 0 Å². The number of rotatable bonds is 2. The number of carbonyl (C=O) groups is 1. The predicted octanol–water partition coefficient (Wildman–Crippen LogP) is 3.91. The summed E-state index contributed by atoms with van der Waals surface area (Å²) in [6.45, 7) is 7.92. The highest BCUT2D eigenvalue weighted by Crippen LogP contribution is 2.14. The second-order valence-electron chi connectivity index (χ2n) is 5.44. The van der Waals surface area contributed by atoms with Crippen LogP contribution < -0.4 is 5.32 Å². The molecule has 0 heterocycles. The van der Waals surface area contributed by atoms with Crippen LogP contribution >= 0.6 is 11.6 Å². The molecule has 0 atom stereocenters. The van der Waals surface area contributed by atoms with Gasteiger partial charge < -0.3 is 10.1 Å². The van der Waals surface area contributed by atoms with Gasteiger partial charge in [-0.05, 0) is 51.5 Å². The third-order valence-electron chi connectivity index (χ3n) is 2.33. The van der Waals surface area contributed by atoms with Crippen molar-refractivity contribution in [1.82, 2.24) is 5.32 Å². The number of ether oxygens (including phenoxy) is 1. The number of aryl methyl sites for hydroxylation is 1. The van der Waals surface area contributed by atoms with Crippen molar-refractivity contribution in [3.8, 4) is 11.8 Å². The maximum atomic E-state index is 11.4. The van der Waals surface area contributed by atoms with Gasteiger partial charge in [0.1, 0.15) is 5.60 Å². The first-order chi connectivity index (χ1) is 9.28. The number of halogens is 1. The van der Waals surface area contributed by atoms with Crippen LogP contribution in [0.3, 0.4) is 0 Å². The molecular weight excluding hydrogens is 274 g/mol. The second kappa shape index (κ2) is 7.21. The zero-order valence-corrected chi connectivity index (χ0v) is 13.1. The fraction of sp³-hybridized carbons (Fsp3) is 0.438. The van der Waals surface area contributed by atoms with Gasteiger partial charge in [0.2, 0.25) is 0 Å². The Balaban J connectivity index is 2.38. The molecule has 4 heteroatoms. The fourth-order valence-electron chi connectivity index (χ4n) is 1.47. The van der Waals surface area contributed by atoms with E-state index in [1.165, 1.54) is 0 Å². The molecule has 1 aromatic carbocycles. The predicted molar refractivity (Wildman–Crippen MR) is 81.9 cm³/mol. The topological polar surface area (TPSA) is 38.3 Å². The Morgan fingerprint density at radius 1 is 1.40 bits per heavy atom. The molecule has 0 aromatic heterocycles. The van der Waals surface area contributed by atoms with E-state index in [1.807, 2.05) is 45.9 Å². The molecule has 3 nitrogen and oxygen atoms in total. The summed E-state index contributed by atoms with van der Waals surface area (Å²) in [6.07, 6.45) is 0.156. The lowest BCUT2D eigenvalue weighted by atomic mass is 10.1. The van der Waals surface area contributed by atoms with Crippen LogP contribution in [0.2, 0.25) is 5.02 Å². The van der Waals surface area contributed by atoms with Gasteiger partial charge in [0.05, 0.1) is 0 Å². The average molecular weight is 294 g/mol. The minimum Gasteiger partial charge on any atom is -0.444 e. The van der Waals surface area contributed by atoms with E-state index in [2.05, 4.69) is 17.2 Å². The summed E-state index contributed by atoms with van der Waals surface area (Å²) < 4.78 is 5.12. The van der Waals surface area contributed by atoms with Gasteiger partial charge in [-0.2, -0.15) is 0 Å². The van der Waals surface area contributed by atoms with E-state index < -0.39 is 11.7 Å². The van der Waals surface area contributed by atoms with Crippen molar-refractivity contribution in [3.05, 3.63) is 34.3 Å². The van der Waals surface area contributed by atoms with Crippen LogP contribution in [0.25, 0.3) is 0 Å². The molecule has 0 bridgehead atoms. The normalized spacial score (nSPS) is 10.4. The molecule has 1 amide bonds. The van der Waals surface area contributed by atoms with E-state index in [-0.39, 0.29) is 0 Å². The molecule has 0 aliphatic rings. The number of carbonyl (C=O) groups excluding carboxylic acids is 1. The summed E-state index contributed by atoms with van der Waals surface area (Å²) in [6, 6.07) is 5.59. The molecule has 1 aromatic rings. The molecule has 0 unspecified atom stereocenters. The average Bonchev–Trinajstić information content (AvgIpc) is 2.28. The van der Waals surface area contributed by atoms with Gasteiger partial charge in [-0.1, -0.05) is 23.4 Å². The van der Waals surface area contributed by atoms with Crippen molar-refractivity contribution in [2.75, 3.05) is 6.54 Å². The number of hydrogen-bond donors (Lipinski definition) is 1. The summed E-state index contributed by atoms with van der Waals surface area (Å²) in [5, 5.41) is 3.37. The molecule has 0 radical (unpaired) electrons. The van der Waals surface area contributed by atoms with Crippen molar-refractivity contribution >= 4 is 17.7 Å². The molecular formula is C16H20ClNO2. The number of nitrogens with one attached hydrogen (secondary N) is 1. The van der Waals surface area contributed by atoms with Crippen LogP contribution in [0, 0.1) is 18.8 Å². The Bertz CT molecular complexity index is 536. The van der Waals surface area contributed by atoms with Crippen LogP contribution in [0.1, 0.15) is 38.3 Å². The summed E-state index contributed by atoms with van der Waals surface area (Å²) in [5.41, 5.74) is 1.52. The largest absolute Gasteiger partial charge is 0.444 e. The van der Waals surface area contributed by atoms with Gasteiger partial charge in [-0.25, -0.2) is 4.79 Å². The summed E-state index contributed by atoms with van der Waals surface area (Å²) in [7, 11) is 0. The highest BCUT2D eigenvalue weighted by molar-refractivity contribution is 6.30. The monoisotopic (exact) mass is 293 g/mol. The van der Waals surface area contributed by atoms with Crippen molar-refractivity contribution < 1.29 is 9.53 Å².